The number of tetrazole rings is 1. The Balaban J connectivity index is 1.43. The SMILES string of the molecule is Cc1cc(C(F)(F)F)nn1CC(=O)N[C@H]1C(=O)N2C(C(=O)O)=C(CSc3nnnn3C)CS[C@@H]12. The number of thioether (sulfide) groups is 2. The number of aryl methyl sites for hydroxylation is 2. The second-order valence-electron chi connectivity index (χ2n) is 7.41. The van der Waals surface area contributed by atoms with Crippen LogP contribution in [0.3, 0.4) is 0 Å². The zero-order valence-corrected chi connectivity index (χ0v) is 19.2. The third-order valence-electron chi connectivity index (χ3n) is 5.09. The second-order valence-corrected chi connectivity index (χ2v) is 9.46. The minimum Gasteiger partial charge on any atom is -0.477 e. The van der Waals surface area contributed by atoms with Gasteiger partial charge in [0.1, 0.15) is 23.7 Å². The molecule has 1 saturated heterocycles. The summed E-state index contributed by atoms with van der Waals surface area (Å²) in [6.45, 7) is 0.863. The number of fused-ring (bicyclic) bond motifs is 1. The maximum atomic E-state index is 12.8. The van der Waals surface area contributed by atoms with Crippen LogP contribution < -0.4 is 5.32 Å². The Morgan fingerprint density at radius 3 is 2.71 bits per heavy atom. The molecule has 2 aliphatic heterocycles. The monoisotopic (exact) mass is 518 g/mol. The molecule has 0 aliphatic carbocycles. The first-order valence-electron chi connectivity index (χ1n) is 9.63. The lowest BCUT2D eigenvalue weighted by Gasteiger charge is -2.49. The van der Waals surface area contributed by atoms with Crippen LogP contribution in [-0.4, -0.2) is 80.7 Å². The predicted octanol–water partition coefficient (Wildman–Crippen LogP) is 0.265. The Morgan fingerprint density at radius 2 is 2.12 bits per heavy atom. The molecule has 2 atom stereocenters. The lowest BCUT2D eigenvalue weighted by Crippen LogP contribution is -2.70. The topological polar surface area (TPSA) is 148 Å². The van der Waals surface area contributed by atoms with Gasteiger partial charge in [0, 0.05) is 24.2 Å². The van der Waals surface area contributed by atoms with Crippen LogP contribution >= 0.6 is 23.5 Å². The minimum atomic E-state index is -4.64. The summed E-state index contributed by atoms with van der Waals surface area (Å²) < 4.78 is 40.8. The van der Waals surface area contributed by atoms with Crippen LogP contribution in [-0.2, 0) is 34.2 Å². The summed E-state index contributed by atoms with van der Waals surface area (Å²) in [5.74, 6) is -2.05. The Labute approximate surface area is 197 Å². The molecule has 34 heavy (non-hydrogen) atoms. The first-order valence-corrected chi connectivity index (χ1v) is 11.7. The van der Waals surface area contributed by atoms with Crippen LogP contribution in [0.2, 0.25) is 0 Å². The number of alkyl halides is 3. The van der Waals surface area contributed by atoms with Crippen LogP contribution in [0.1, 0.15) is 11.4 Å². The molecule has 2 N–H and O–H groups in total. The van der Waals surface area contributed by atoms with Crippen LogP contribution in [0.25, 0.3) is 0 Å². The number of nitrogens with one attached hydrogen (secondary N) is 1. The quantitative estimate of drug-likeness (QED) is 0.386. The van der Waals surface area contributed by atoms with Gasteiger partial charge in [0.25, 0.3) is 5.91 Å². The summed E-state index contributed by atoms with van der Waals surface area (Å²) in [6, 6.07) is -0.178. The molecule has 0 bridgehead atoms. The van der Waals surface area contributed by atoms with Gasteiger partial charge in [0.2, 0.25) is 11.1 Å². The number of carboxylic acid groups (broad SMARTS) is 1. The fraction of sp³-hybridized carbons (Fsp3) is 0.471. The third-order valence-corrected chi connectivity index (χ3v) is 7.52. The Hall–Kier alpha value is -3.08. The number of carbonyl (C=O) groups excluding carboxylic acids is 2. The van der Waals surface area contributed by atoms with Crippen molar-refractivity contribution >= 4 is 41.3 Å². The third kappa shape index (κ3) is 4.48. The number of carbonyl (C=O) groups is 3. The van der Waals surface area contributed by atoms with Crippen molar-refractivity contribution in [1.82, 2.24) is 40.2 Å². The van der Waals surface area contributed by atoms with Crippen molar-refractivity contribution in [3.8, 4) is 0 Å². The summed E-state index contributed by atoms with van der Waals surface area (Å²) in [6.07, 6.45) is -4.64. The highest BCUT2D eigenvalue weighted by Gasteiger charge is 2.54. The van der Waals surface area contributed by atoms with E-state index < -0.39 is 47.6 Å². The van der Waals surface area contributed by atoms with E-state index in [-0.39, 0.29) is 17.1 Å². The number of aromatic nitrogens is 6. The molecule has 4 rings (SSSR count). The fourth-order valence-corrected chi connectivity index (χ4v) is 5.79. The standard InChI is InChI=1S/C17H17F3N8O4S2/c1-7-3-9(17(18,19)20)23-27(7)4-10(29)21-11-13(30)28-12(15(31)32)8(5-33-14(11)28)6-34-16-22-24-25-26(16)2/h3,11,14H,4-6H2,1-2H3,(H,21,29)(H,31,32)/t11-,14-/m0/s1. The maximum absolute atomic E-state index is 12.8. The van der Waals surface area contributed by atoms with E-state index in [9.17, 15) is 32.7 Å². The number of amides is 2. The van der Waals surface area contributed by atoms with E-state index in [2.05, 4.69) is 25.9 Å². The molecule has 0 radical (unpaired) electrons. The summed E-state index contributed by atoms with van der Waals surface area (Å²) in [7, 11) is 1.64. The molecule has 2 amide bonds. The zero-order chi connectivity index (χ0) is 24.8. The van der Waals surface area contributed by atoms with Crippen molar-refractivity contribution in [3.63, 3.8) is 0 Å². The molecule has 0 spiro atoms. The molecule has 0 unspecified atom stereocenters. The molecule has 4 heterocycles. The number of carboxylic acids is 1. The van der Waals surface area contributed by atoms with Crippen molar-refractivity contribution < 1.29 is 32.7 Å². The van der Waals surface area contributed by atoms with Crippen molar-refractivity contribution in [2.75, 3.05) is 11.5 Å². The Bertz CT molecular complexity index is 1190. The van der Waals surface area contributed by atoms with Crippen LogP contribution in [0.5, 0.6) is 0 Å². The number of β-lactam (4-membered cyclic amide) rings is 1. The van der Waals surface area contributed by atoms with Gasteiger partial charge in [0.05, 0.1) is 0 Å². The van der Waals surface area contributed by atoms with E-state index in [1.165, 1.54) is 35.1 Å². The minimum absolute atomic E-state index is 0.132. The lowest BCUT2D eigenvalue weighted by molar-refractivity contribution is -0.150. The molecular weight excluding hydrogens is 501 g/mol. The lowest BCUT2D eigenvalue weighted by atomic mass is 10.0. The van der Waals surface area contributed by atoms with E-state index >= 15 is 0 Å². The molecule has 2 aliphatic rings. The van der Waals surface area contributed by atoms with E-state index in [4.69, 9.17) is 0 Å². The van der Waals surface area contributed by atoms with Crippen LogP contribution in [0.4, 0.5) is 13.2 Å². The highest BCUT2D eigenvalue weighted by molar-refractivity contribution is 8.01. The maximum Gasteiger partial charge on any atom is 0.435 e. The predicted molar refractivity (Wildman–Crippen MR) is 111 cm³/mol. The van der Waals surface area contributed by atoms with Gasteiger partial charge in [-0.2, -0.15) is 18.3 Å². The van der Waals surface area contributed by atoms with Gasteiger partial charge in [-0.05, 0) is 29.0 Å². The summed E-state index contributed by atoms with van der Waals surface area (Å²) in [4.78, 5) is 38.2. The molecular formula is C17H17F3N8O4S2. The zero-order valence-electron chi connectivity index (χ0n) is 17.6. The highest BCUT2D eigenvalue weighted by atomic mass is 32.2. The highest BCUT2D eigenvalue weighted by Crippen LogP contribution is 2.41. The van der Waals surface area contributed by atoms with Crippen molar-refractivity contribution in [2.24, 2.45) is 7.05 Å². The van der Waals surface area contributed by atoms with Gasteiger partial charge in [-0.25, -0.2) is 9.48 Å². The number of hydrogen-bond donors (Lipinski definition) is 2. The average Bonchev–Trinajstić information content (AvgIpc) is 3.34. The largest absolute Gasteiger partial charge is 0.477 e. The number of rotatable bonds is 7. The van der Waals surface area contributed by atoms with E-state index in [0.717, 1.165) is 15.6 Å². The summed E-state index contributed by atoms with van der Waals surface area (Å²) in [5.41, 5.74) is -0.635. The number of nitrogens with zero attached hydrogens (tertiary/aromatic N) is 7. The Morgan fingerprint density at radius 1 is 1.38 bits per heavy atom. The first kappa shape index (κ1) is 24.1. The second kappa shape index (κ2) is 8.94. The van der Waals surface area contributed by atoms with Gasteiger partial charge >= 0.3 is 12.1 Å². The summed E-state index contributed by atoms with van der Waals surface area (Å²) >= 11 is 2.50. The summed E-state index contributed by atoms with van der Waals surface area (Å²) in [5, 5.41) is 26.5. The average molecular weight is 519 g/mol. The van der Waals surface area contributed by atoms with E-state index in [0.29, 0.717) is 16.5 Å². The number of hydrogen-bond acceptors (Lipinski definition) is 9. The molecule has 12 nitrogen and oxygen atoms in total. The Kier molecular flexibility index (Phi) is 6.32. The number of halogens is 3. The number of aliphatic carboxylic acids is 1. The van der Waals surface area contributed by atoms with Crippen molar-refractivity contribution in [3.05, 3.63) is 28.7 Å². The molecule has 1 fully saturated rings. The first-order chi connectivity index (χ1) is 16.0. The molecule has 2 aromatic rings. The van der Waals surface area contributed by atoms with Gasteiger partial charge in [-0.3, -0.25) is 19.2 Å². The van der Waals surface area contributed by atoms with E-state index in [1.54, 1.807) is 7.05 Å². The van der Waals surface area contributed by atoms with Gasteiger partial charge in [0.15, 0.2) is 5.69 Å². The normalized spacial score (nSPS) is 20.3. The fourth-order valence-electron chi connectivity index (χ4n) is 3.45. The molecule has 0 saturated carbocycles. The van der Waals surface area contributed by atoms with Crippen LogP contribution in [0, 0.1) is 6.92 Å². The molecule has 0 aromatic carbocycles. The van der Waals surface area contributed by atoms with Crippen molar-refractivity contribution in [2.45, 2.75) is 36.2 Å². The van der Waals surface area contributed by atoms with E-state index in [1.807, 2.05) is 0 Å². The molecule has 2 aromatic heterocycles. The smallest absolute Gasteiger partial charge is 0.435 e. The van der Waals surface area contributed by atoms with Gasteiger partial charge < -0.3 is 10.4 Å². The molecule has 17 heteroatoms. The van der Waals surface area contributed by atoms with Gasteiger partial charge in [-0.1, -0.05) is 11.8 Å². The van der Waals surface area contributed by atoms with Crippen LogP contribution in [0.15, 0.2) is 22.5 Å². The van der Waals surface area contributed by atoms with Crippen molar-refractivity contribution in [1.29, 1.82) is 0 Å². The molecule has 182 valence electrons. The van der Waals surface area contributed by atoms with Gasteiger partial charge in [-0.15, -0.1) is 16.9 Å².